The molecule has 142 valence electrons. The minimum absolute atomic E-state index is 0. The quantitative estimate of drug-likeness (QED) is 0.848. The number of hydrogen-bond acceptors (Lipinski definition) is 4. The highest BCUT2D eigenvalue weighted by Gasteiger charge is 2.43. The van der Waals surface area contributed by atoms with Gasteiger partial charge in [-0.15, -0.1) is 24.8 Å². The molecule has 0 aliphatic carbocycles. The maximum atomic E-state index is 13.2. The summed E-state index contributed by atoms with van der Waals surface area (Å²) in [4.78, 5) is 16.2. The maximum Gasteiger partial charge on any atom is 0.262 e. The Hall–Kier alpha value is -1.31. The molecule has 0 saturated carbocycles. The van der Waals surface area contributed by atoms with E-state index < -0.39 is 24.9 Å². The third kappa shape index (κ3) is 4.86. The number of para-hydroxylation sites is 2. The molecule has 1 amide bonds. The zero-order valence-corrected chi connectivity index (χ0v) is 15.5. The number of rotatable bonds is 3. The average Bonchev–Trinajstić information content (AvgIpc) is 2.94. The fourth-order valence-electron chi connectivity index (χ4n) is 3.17. The smallest absolute Gasteiger partial charge is 0.262 e. The van der Waals surface area contributed by atoms with E-state index in [-0.39, 0.29) is 30.7 Å². The largest absolute Gasteiger partial charge is 0.495 e. The second-order valence-corrected chi connectivity index (χ2v) is 5.98. The molecule has 2 saturated heterocycles. The first kappa shape index (κ1) is 21.7. The van der Waals surface area contributed by atoms with Crippen molar-refractivity contribution < 1.29 is 18.3 Å². The van der Waals surface area contributed by atoms with Gasteiger partial charge in [-0.25, -0.2) is 8.78 Å². The Morgan fingerprint density at radius 2 is 1.84 bits per heavy atom. The first-order valence-electron chi connectivity index (χ1n) is 7.78. The van der Waals surface area contributed by atoms with Gasteiger partial charge in [0.05, 0.1) is 25.4 Å². The van der Waals surface area contributed by atoms with Crippen LogP contribution in [-0.4, -0.2) is 62.6 Å². The third-order valence-electron chi connectivity index (χ3n) is 4.43. The number of anilines is 1. The van der Waals surface area contributed by atoms with Crippen molar-refractivity contribution in [3.63, 3.8) is 0 Å². The van der Waals surface area contributed by atoms with Crippen LogP contribution in [0.4, 0.5) is 14.5 Å². The van der Waals surface area contributed by atoms with E-state index in [0.717, 1.165) is 11.4 Å². The predicted octanol–water partition coefficient (Wildman–Crippen LogP) is 2.18. The van der Waals surface area contributed by atoms with Crippen molar-refractivity contribution in [2.75, 3.05) is 44.7 Å². The first-order valence-corrected chi connectivity index (χ1v) is 7.78. The van der Waals surface area contributed by atoms with E-state index in [1.165, 1.54) is 0 Å². The number of halogens is 4. The number of alkyl halides is 2. The van der Waals surface area contributed by atoms with E-state index in [1.54, 1.807) is 12.0 Å². The summed E-state index contributed by atoms with van der Waals surface area (Å²) in [6, 6.07) is 6.98. The van der Waals surface area contributed by atoms with E-state index in [9.17, 15) is 13.6 Å². The lowest BCUT2D eigenvalue weighted by atomic mass is 10.1. The second kappa shape index (κ2) is 8.87. The number of methoxy groups -OCH3 is 1. The lowest BCUT2D eigenvalue weighted by Gasteiger charge is -2.37. The number of piperazine rings is 1. The van der Waals surface area contributed by atoms with Crippen molar-refractivity contribution in [1.29, 1.82) is 0 Å². The number of hydrogen-bond donors (Lipinski definition) is 1. The first-order chi connectivity index (χ1) is 11.0. The second-order valence-electron chi connectivity index (χ2n) is 5.98. The molecular formula is C16H23Cl2F2N3O2. The van der Waals surface area contributed by atoms with Crippen molar-refractivity contribution in [2.24, 2.45) is 0 Å². The molecular weight excluding hydrogens is 375 g/mol. The molecule has 1 atom stereocenters. The van der Waals surface area contributed by atoms with Crippen LogP contribution in [0.2, 0.25) is 0 Å². The lowest BCUT2D eigenvalue weighted by molar-refractivity contribution is -0.134. The molecule has 3 rings (SSSR count). The molecule has 2 aliphatic rings. The van der Waals surface area contributed by atoms with Crippen LogP contribution in [0.25, 0.3) is 0 Å². The van der Waals surface area contributed by atoms with Gasteiger partial charge in [-0.2, -0.15) is 0 Å². The maximum absolute atomic E-state index is 13.2. The average molecular weight is 398 g/mol. The van der Waals surface area contributed by atoms with Gasteiger partial charge in [0, 0.05) is 32.6 Å². The SMILES string of the molecule is COc1ccccc1N1CCN(C(=O)C2CC(F)(F)CN2)CC1.Cl.Cl. The zero-order valence-electron chi connectivity index (χ0n) is 13.9. The number of carbonyl (C=O) groups is 1. The van der Waals surface area contributed by atoms with Crippen molar-refractivity contribution >= 4 is 36.4 Å². The number of nitrogens with zero attached hydrogens (tertiary/aromatic N) is 2. The summed E-state index contributed by atoms with van der Waals surface area (Å²) in [5.41, 5.74) is 0.993. The fraction of sp³-hybridized carbons (Fsp3) is 0.562. The molecule has 0 spiro atoms. The normalized spacial score (nSPS) is 22.0. The summed E-state index contributed by atoms with van der Waals surface area (Å²) in [5.74, 6) is -2.20. The van der Waals surface area contributed by atoms with E-state index in [2.05, 4.69) is 10.2 Å². The highest BCUT2D eigenvalue weighted by Crippen LogP contribution is 2.29. The van der Waals surface area contributed by atoms with E-state index >= 15 is 0 Å². The van der Waals surface area contributed by atoms with E-state index in [1.807, 2.05) is 24.3 Å². The predicted molar refractivity (Wildman–Crippen MR) is 97.6 cm³/mol. The standard InChI is InChI=1S/C16H21F2N3O2.2ClH/c1-23-14-5-3-2-4-13(14)20-6-8-21(9-7-20)15(22)12-10-16(17,18)11-19-12;;/h2-5,12,19H,6-11H2,1H3;2*1H. The van der Waals surface area contributed by atoms with Crippen LogP contribution >= 0.6 is 24.8 Å². The molecule has 5 nitrogen and oxygen atoms in total. The molecule has 1 unspecified atom stereocenters. The molecule has 25 heavy (non-hydrogen) atoms. The van der Waals surface area contributed by atoms with E-state index in [4.69, 9.17) is 4.74 Å². The van der Waals surface area contributed by atoms with Gasteiger partial charge in [0.25, 0.3) is 5.92 Å². The fourth-order valence-corrected chi connectivity index (χ4v) is 3.17. The molecule has 1 aromatic carbocycles. The molecule has 0 aromatic heterocycles. The van der Waals surface area contributed by atoms with Crippen LogP contribution in [0.15, 0.2) is 24.3 Å². The van der Waals surface area contributed by atoms with Crippen molar-refractivity contribution in [3.8, 4) is 5.75 Å². The number of ether oxygens (including phenoxy) is 1. The molecule has 2 aliphatic heterocycles. The molecule has 0 bridgehead atoms. The van der Waals surface area contributed by atoms with Crippen molar-refractivity contribution in [3.05, 3.63) is 24.3 Å². The van der Waals surface area contributed by atoms with Gasteiger partial charge < -0.3 is 14.5 Å². The van der Waals surface area contributed by atoms with Gasteiger partial charge in [-0.3, -0.25) is 10.1 Å². The highest BCUT2D eigenvalue weighted by molar-refractivity contribution is 5.85. The van der Waals surface area contributed by atoms with Gasteiger partial charge in [0.15, 0.2) is 0 Å². The molecule has 9 heteroatoms. The number of nitrogens with one attached hydrogen (secondary N) is 1. The van der Waals surface area contributed by atoms with Gasteiger partial charge in [-0.1, -0.05) is 12.1 Å². The van der Waals surface area contributed by atoms with Crippen molar-refractivity contribution in [2.45, 2.75) is 18.4 Å². The van der Waals surface area contributed by atoms with E-state index in [0.29, 0.717) is 26.2 Å². The minimum Gasteiger partial charge on any atom is -0.495 e. The molecule has 1 aromatic rings. The van der Waals surface area contributed by atoms with Gasteiger partial charge >= 0.3 is 0 Å². The van der Waals surface area contributed by atoms with Crippen LogP contribution < -0.4 is 15.0 Å². The Kier molecular flexibility index (Phi) is 7.71. The monoisotopic (exact) mass is 397 g/mol. The summed E-state index contributed by atoms with van der Waals surface area (Å²) in [5, 5.41) is 2.63. The topological polar surface area (TPSA) is 44.8 Å². The number of amides is 1. The zero-order chi connectivity index (χ0) is 16.4. The lowest BCUT2D eigenvalue weighted by Crippen LogP contribution is -2.53. The summed E-state index contributed by atoms with van der Waals surface area (Å²) < 4.78 is 31.8. The minimum atomic E-state index is -2.78. The van der Waals surface area contributed by atoms with Crippen LogP contribution in [0, 0.1) is 0 Å². The number of benzene rings is 1. The van der Waals surface area contributed by atoms with Crippen LogP contribution in [0.3, 0.4) is 0 Å². The Morgan fingerprint density at radius 1 is 1.20 bits per heavy atom. The third-order valence-corrected chi connectivity index (χ3v) is 4.43. The van der Waals surface area contributed by atoms with Gasteiger partial charge in [0.2, 0.25) is 5.91 Å². The van der Waals surface area contributed by atoms with Gasteiger partial charge in [0.1, 0.15) is 5.75 Å². The summed E-state index contributed by atoms with van der Waals surface area (Å²) in [7, 11) is 1.63. The molecule has 0 radical (unpaired) electrons. The highest BCUT2D eigenvalue weighted by atomic mass is 35.5. The Morgan fingerprint density at radius 3 is 2.40 bits per heavy atom. The van der Waals surface area contributed by atoms with Crippen LogP contribution in [0.5, 0.6) is 5.75 Å². The number of carbonyl (C=O) groups excluding carboxylic acids is 1. The van der Waals surface area contributed by atoms with Crippen LogP contribution in [0.1, 0.15) is 6.42 Å². The Bertz CT molecular complexity index is 584. The van der Waals surface area contributed by atoms with Gasteiger partial charge in [-0.05, 0) is 12.1 Å². The molecule has 2 fully saturated rings. The van der Waals surface area contributed by atoms with Crippen LogP contribution in [-0.2, 0) is 4.79 Å². The summed E-state index contributed by atoms with van der Waals surface area (Å²) in [6.07, 6.45) is -0.404. The van der Waals surface area contributed by atoms with Crippen molar-refractivity contribution in [1.82, 2.24) is 10.2 Å². The molecule has 2 heterocycles. The Balaban J connectivity index is 0.00000156. The summed E-state index contributed by atoms with van der Waals surface area (Å²) in [6.45, 7) is 1.97. The molecule has 1 N–H and O–H groups in total. The Labute approximate surface area is 158 Å². The summed E-state index contributed by atoms with van der Waals surface area (Å²) >= 11 is 0.